The summed E-state index contributed by atoms with van der Waals surface area (Å²) in [5.41, 5.74) is 2.44. The van der Waals surface area contributed by atoms with Crippen molar-refractivity contribution in [2.45, 2.75) is 32.4 Å². The van der Waals surface area contributed by atoms with Crippen molar-refractivity contribution < 1.29 is 8.42 Å². The number of aromatic nitrogens is 2. The summed E-state index contributed by atoms with van der Waals surface area (Å²) in [6.45, 7) is 7.85. The molecule has 0 N–H and O–H groups in total. The van der Waals surface area contributed by atoms with Crippen LogP contribution < -0.4 is 4.90 Å². The van der Waals surface area contributed by atoms with Crippen LogP contribution >= 0.6 is 11.5 Å². The summed E-state index contributed by atoms with van der Waals surface area (Å²) < 4.78 is 30.5. The first-order chi connectivity index (χ1) is 11.9. The predicted molar refractivity (Wildman–Crippen MR) is 102 cm³/mol. The SMILES string of the molecule is Cc1ccc(Cc2nsc(N3CCN(S(=O)(=O)C(C)C)CC3)n2)cc1. The van der Waals surface area contributed by atoms with E-state index >= 15 is 0 Å². The maximum absolute atomic E-state index is 12.2. The smallest absolute Gasteiger partial charge is 0.216 e. The van der Waals surface area contributed by atoms with Crippen LogP contribution in [0.4, 0.5) is 5.13 Å². The molecule has 0 unspecified atom stereocenters. The zero-order valence-corrected chi connectivity index (χ0v) is 16.5. The molecule has 1 fully saturated rings. The number of hydrogen-bond acceptors (Lipinski definition) is 6. The van der Waals surface area contributed by atoms with Gasteiger partial charge >= 0.3 is 0 Å². The van der Waals surface area contributed by atoms with E-state index in [9.17, 15) is 8.42 Å². The lowest BCUT2D eigenvalue weighted by Gasteiger charge is -2.34. The maximum Gasteiger partial charge on any atom is 0.216 e. The average Bonchev–Trinajstić information content (AvgIpc) is 3.05. The summed E-state index contributed by atoms with van der Waals surface area (Å²) in [5.74, 6) is 0.820. The molecule has 136 valence electrons. The highest BCUT2D eigenvalue weighted by atomic mass is 32.2. The van der Waals surface area contributed by atoms with E-state index in [0.29, 0.717) is 26.2 Å². The number of aryl methyl sites for hydroxylation is 1. The third-order valence-corrected chi connectivity index (χ3v) is 7.50. The lowest BCUT2D eigenvalue weighted by atomic mass is 10.1. The molecule has 3 rings (SSSR count). The zero-order valence-electron chi connectivity index (χ0n) is 14.8. The third kappa shape index (κ3) is 4.19. The molecule has 2 aromatic rings. The first kappa shape index (κ1) is 18.3. The van der Waals surface area contributed by atoms with E-state index < -0.39 is 10.0 Å². The van der Waals surface area contributed by atoms with Gasteiger partial charge in [-0.3, -0.25) is 0 Å². The van der Waals surface area contributed by atoms with Crippen molar-refractivity contribution in [1.82, 2.24) is 13.7 Å². The summed E-state index contributed by atoms with van der Waals surface area (Å²) in [5, 5.41) is 0.505. The highest BCUT2D eigenvalue weighted by molar-refractivity contribution is 7.89. The highest BCUT2D eigenvalue weighted by Gasteiger charge is 2.30. The van der Waals surface area contributed by atoms with Crippen molar-refractivity contribution in [2.24, 2.45) is 0 Å². The summed E-state index contributed by atoms with van der Waals surface area (Å²) in [6, 6.07) is 8.39. The fourth-order valence-corrected chi connectivity index (χ4v) is 4.77. The van der Waals surface area contributed by atoms with E-state index in [1.54, 1.807) is 18.2 Å². The Hall–Kier alpha value is -1.51. The number of benzene rings is 1. The van der Waals surface area contributed by atoms with Gasteiger partial charge in [0.1, 0.15) is 5.82 Å². The van der Waals surface area contributed by atoms with E-state index in [1.165, 1.54) is 22.7 Å². The van der Waals surface area contributed by atoms with Crippen molar-refractivity contribution in [3.63, 3.8) is 0 Å². The molecule has 1 saturated heterocycles. The van der Waals surface area contributed by atoms with Crippen molar-refractivity contribution >= 4 is 26.7 Å². The normalized spacial score (nSPS) is 16.6. The molecular formula is C17H24N4O2S2. The number of piperazine rings is 1. The van der Waals surface area contributed by atoms with Crippen molar-refractivity contribution in [3.05, 3.63) is 41.2 Å². The van der Waals surface area contributed by atoms with Gasteiger partial charge in [-0.05, 0) is 26.3 Å². The monoisotopic (exact) mass is 380 g/mol. The Morgan fingerprint density at radius 3 is 2.36 bits per heavy atom. The van der Waals surface area contributed by atoms with Gasteiger partial charge in [0, 0.05) is 44.1 Å². The second-order valence-corrected chi connectivity index (χ2v) is 9.85. The maximum atomic E-state index is 12.2. The van der Waals surface area contributed by atoms with Crippen LogP contribution in [0, 0.1) is 6.92 Å². The Bertz CT molecular complexity index is 807. The van der Waals surface area contributed by atoms with Gasteiger partial charge < -0.3 is 4.90 Å². The van der Waals surface area contributed by atoms with Crippen molar-refractivity contribution in [2.75, 3.05) is 31.1 Å². The van der Waals surface area contributed by atoms with Crippen LogP contribution in [0.3, 0.4) is 0 Å². The van der Waals surface area contributed by atoms with E-state index in [1.807, 2.05) is 0 Å². The Morgan fingerprint density at radius 1 is 1.12 bits per heavy atom. The number of anilines is 1. The molecule has 0 amide bonds. The minimum Gasteiger partial charge on any atom is -0.344 e. The molecule has 0 saturated carbocycles. The number of sulfonamides is 1. The number of hydrogen-bond donors (Lipinski definition) is 0. The van der Waals surface area contributed by atoms with Crippen LogP contribution in [0.25, 0.3) is 0 Å². The van der Waals surface area contributed by atoms with Crippen LogP contribution in [0.15, 0.2) is 24.3 Å². The first-order valence-corrected chi connectivity index (χ1v) is 10.8. The zero-order chi connectivity index (χ0) is 18.0. The molecule has 1 aliphatic heterocycles. The van der Waals surface area contributed by atoms with E-state index in [2.05, 4.69) is 45.4 Å². The largest absolute Gasteiger partial charge is 0.344 e. The van der Waals surface area contributed by atoms with Gasteiger partial charge in [0.2, 0.25) is 15.2 Å². The fraction of sp³-hybridized carbons (Fsp3) is 0.529. The van der Waals surface area contributed by atoms with Crippen LogP contribution in [0.1, 0.15) is 30.8 Å². The highest BCUT2D eigenvalue weighted by Crippen LogP contribution is 2.22. The first-order valence-electron chi connectivity index (χ1n) is 8.48. The fourth-order valence-electron chi connectivity index (χ4n) is 2.77. The Morgan fingerprint density at radius 2 is 1.76 bits per heavy atom. The van der Waals surface area contributed by atoms with Gasteiger partial charge in [-0.25, -0.2) is 13.4 Å². The van der Waals surface area contributed by atoms with E-state index in [-0.39, 0.29) is 5.25 Å². The number of nitrogens with zero attached hydrogens (tertiary/aromatic N) is 4. The van der Waals surface area contributed by atoms with Crippen molar-refractivity contribution in [3.8, 4) is 0 Å². The minimum atomic E-state index is -3.17. The summed E-state index contributed by atoms with van der Waals surface area (Å²) in [4.78, 5) is 6.77. The Balaban J connectivity index is 1.61. The summed E-state index contributed by atoms with van der Waals surface area (Å²) in [7, 11) is -3.17. The van der Waals surface area contributed by atoms with Gasteiger partial charge in [-0.15, -0.1) is 0 Å². The molecular weight excluding hydrogens is 356 g/mol. The lowest BCUT2D eigenvalue weighted by molar-refractivity contribution is 0.381. The van der Waals surface area contributed by atoms with Gasteiger partial charge in [-0.2, -0.15) is 8.68 Å². The lowest BCUT2D eigenvalue weighted by Crippen LogP contribution is -2.50. The quantitative estimate of drug-likeness (QED) is 0.796. The molecule has 1 aromatic carbocycles. The average molecular weight is 381 g/mol. The van der Waals surface area contributed by atoms with E-state index in [4.69, 9.17) is 0 Å². The Kier molecular flexibility index (Phi) is 5.41. The van der Waals surface area contributed by atoms with Crippen LogP contribution in [0.2, 0.25) is 0 Å². The molecule has 8 heteroatoms. The van der Waals surface area contributed by atoms with Crippen LogP contribution in [-0.2, 0) is 16.4 Å². The van der Waals surface area contributed by atoms with Gasteiger partial charge in [-0.1, -0.05) is 29.8 Å². The minimum absolute atomic E-state index is 0.373. The number of rotatable bonds is 5. The van der Waals surface area contributed by atoms with Gasteiger partial charge in [0.05, 0.1) is 5.25 Å². The molecule has 1 aliphatic rings. The molecule has 0 bridgehead atoms. The predicted octanol–water partition coefficient (Wildman–Crippen LogP) is 2.30. The van der Waals surface area contributed by atoms with Gasteiger partial charge in [0.25, 0.3) is 0 Å². The molecule has 0 atom stereocenters. The molecule has 6 nitrogen and oxygen atoms in total. The molecule has 0 aliphatic carbocycles. The molecule has 1 aromatic heterocycles. The summed E-state index contributed by atoms with van der Waals surface area (Å²) in [6.07, 6.45) is 0.721. The second kappa shape index (κ2) is 7.39. The molecule has 2 heterocycles. The molecule has 25 heavy (non-hydrogen) atoms. The van der Waals surface area contributed by atoms with E-state index in [0.717, 1.165) is 17.4 Å². The van der Waals surface area contributed by atoms with Crippen LogP contribution in [0.5, 0.6) is 0 Å². The third-order valence-electron chi connectivity index (χ3n) is 4.40. The molecule has 0 radical (unpaired) electrons. The standard InChI is InChI=1S/C17H24N4O2S2/c1-13(2)25(22,23)21-10-8-20(9-11-21)17-18-16(19-24-17)12-15-6-4-14(3)5-7-15/h4-7,13H,8-12H2,1-3H3. The van der Waals surface area contributed by atoms with Crippen molar-refractivity contribution in [1.29, 1.82) is 0 Å². The Labute approximate surface area is 153 Å². The van der Waals surface area contributed by atoms with Crippen LogP contribution in [-0.4, -0.2) is 53.5 Å². The van der Waals surface area contributed by atoms with Gasteiger partial charge in [0.15, 0.2) is 0 Å². The topological polar surface area (TPSA) is 66.4 Å². The summed E-state index contributed by atoms with van der Waals surface area (Å²) >= 11 is 1.39. The molecule has 0 spiro atoms. The second-order valence-electron chi connectivity index (χ2n) is 6.64.